The lowest BCUT2D eigenvalue weighted by Crippen LogP contribution is -2.41. The van der Waals surface area contributed by atoms with Gasteiger partial charge in [0.15, 0.2) is 0 Å². The van der Waals surface area contributed by atoms with Crippen molar-refractivity contribution in [3.8, 4) is 0 Å². The molecule has 0 aliphatic heterocycles. The van der Waals surface area contributed by atoms with Crippen LogP contribution in [0.3, 0.4) is 0 Å². The van der Waals surface area contributed by atoms with Gasteiger partial charge in [0.25, 0.3) is 5.91 Å². The number of rotatable bonds is 6. The van der Waals surface area contributed by atoms with Crippen molar-refractivity contribution < 1.29 is 9.59 Å². The van der Waals surface area contributed by atoms with E-state index in [1.807, 2.05) is 62.9 Å². The number of hydrogen-bond acceptors (Lipinski definition) is 3. The molecule has 0 bridgehead atoms. The number of carbonyl (C=O) groups is 2. The predicted octanol–water partition coefficient (Wildman–Crippen LogP) is 3.68. The summed E-state index contributed by atoms with van der Waals surface area (Å²) in [6.07, 6.45) is 0. The molecule has 0 aromatic heterocycles. The highest BCUT2D eigenvalue weighted by Crippen LogP contribution is 2.17. The summed E-state index contributed by atoms with van der Waals surface area (Å²) in [6, 6.07) is 16.8. The van der Waals surface area contributed by atoms with Crippen LogP contribution in [0.15, 0.2) is 54.6 Å². The van der Waals surface area contributed by atoms with Gasteiger partial charge in [0.1, 0.15) is 0 Å². The molecule has 0 heterocycles. The molecule has 0 aliphatic rings. The van der Waals surface area contributed by atoms with Crippen molar-refractivity contribution in [2.45, 2.75) is 33.2 Å². The minimum atomic E-state index is -0.347. The average molecular weight is 353 g/mol. The maximum absolute atomic E-state index is 12.5. The lowest BCUT2D eigenvalue weighted by Gasteiger charge is -2.23. The van der Waals surface area contributed by atoms with Gasteiger partial charge < -0.3 is 15.5 Å². The zero-order valence-electron chi connectivity index (χ0n) is 15.9. The van der Waals surface area contributed by atoms with Crippen LogP contribution in [0.2, 0.25) is 0 Å². The van der Waals surface area contributed by atoms with E-state index in [9.17, 15) is 9.59 Å². The summed E-state index contributed by atoms with van der Waals surface area (Å²) in [6.45, 7) is 8.70. The molecule has 0 spiro atoms. The monoisotopic (exact) mass is 353 g/mol. The molecule has 0 atom stereocenters. The van der Waals surface area contributed by atoms with E-state index in [4.69, 9.17) is 0 Å². The smallest absolute Gasteiger partial charge is 0.253 e. The molecule has 0 saturated carbocycles. The van der Waals surface area contributed by atoms with Crippen molar-refractivity contribution in [3.63, 3.8) is 0 Å². The van der Waals surface area contributed by atoms with Gasteiger partial charge in [-0.05, 0) is 52.0 Å². The highest BCUT2D eigenvalue weighted by molar-refractivity contribution is 6.04. The average Bonchev–Trinajstić information content (AvgIpc) is 2.59. The van der Waals surface area contributed by atoms with Crippen molar-refractivity contribution >= 4 is 23.2 Å². The van der Waals surface area contributed by atoms with E-state index < -0.39 is 0 Å². The zero-order valence-corrected chi connectivity index (χ0v) is 15.9. The fourth-order valence-corrected chi connectivity index (χ4v) is 2.59. The lowest BCUT2D eigenvalue weighted by atomic mass is 10.1. The summed E-state index contributed by atoms with van der Waals surface area (Å²) in [7, 11) is 0. The van der Waals surface area contributed by atoms with Crippen molar-refractivity contribution in [1.29, 1.82) is 0 Å². The molecule has 26 heavy (non-hydrogen) atoms. The Bertz CT molecular complexity index is 751. The highest BCUT2D eigenvalue weighted by Gasteiger charge is 2.19. The molecule has 2 amide bonds. The molecule has 0 aliphatic carbocycles. The number of nitrogens with one attached hydrogen (secondary N) is 2. The maximum atomic E-state index is 12.5. The largest absolute Gasteiger partial charge is 0.362 e. The van der Waals surface area contributed by atoms with E-state index in [2.05, 4.69) is 10.6 Å². The number of benzene rings is 2. The van der Waals surface area contributed by atoms with Crippen LogP contribution in [0, 0.1) is 0 Å². The second-order valence-corrected chi connectivity index (χ2v) is 7.15. The fourth-order valence-electron chi connectivity index (χ4n) is 2.59. The van der Waals surface area contributed by atoms with Crippen LogP contribution in [0.4, 0.5) is 11.4 Å². The number of hydrogen-bond donors (Lipinski definition) is 2. The van der Waals surface area contributed by atoms with Gasteiger partial charge in [0, 0.05) is 17.8 Å². The van der Waals surface area contributed by atoms with Gasteiger partial charge in [-0.2, -0.15) is 0 Å². The first-order chi connectivity index (χ1) is 12.3. The van der Waals surface area contributed by atoms with Crippen LogP contribution in [-0.4, -0.2) is 30.4 Å². The van der Waals surface area contributed by atoms with Crippen molar-refractivity contribution in [3.05, 3.63) is 60.2 Å². The minimum absolute atomic E-state index is 0.160. The Hall–Kier alpha value is -2.82. The third-order valence-electron chi connectivity index (χ3n) is 3.77. The van der Waals surface area contributed by atoms with Gasteiger partial charge in [-0.15, -0.1) is 0 Å². The van der Waals surface area contributed by atoms with Gasteiger partial charge >= 0.3 is 0 Å². The SMILES string of the molecule is CCN(CC(=O)Nc1ccccc1C(=O)NC(C)(C)C)c1ccccc1. The van der Waals surface area contributed by atoms with Gasteiger partial charge in [-0.1, -0.05) is 30.3 Å². The number of nitrogens with zero attached hydrogens (tertiary/aromatic N) is 1. The Morgan fingerprint density at radius 3 is 2.19 bits per heavy atom. The van der Waals surface area contributed by atoms with Crippen LogP contribution >= 0.6 is 0 Å². The molecule has 0 unspecified atom stereocenters. The van der Waals surface area contributed by atoms with Crippen LogP contribution in [-0.2, 0) is 4.79 Å². The van der Waals surface area contributed by atoms with Gasteiger partial charge in [0.05, 0.1) is 17.8 Å². The molecular weight excluding hydrogens is 326 g/mol. The second kappa shape index (κ2) is 8.52. The third kappa shape index (κ3) is 5.62. The zero-order chi connectivity index (χ0) is 19.2. The van der Waals surface area contributed by atoms with E-state index in [-0.39, 0.29) is 23.9 Å². The van der Waals surface area contributed by atoms with E-state index in [0.717, 1.165) is 5.69 Å². The maximum Gasteiger partial charge on any atom is 0.253 e. The van der Waals surface area contributed by atoms with Gasteiger partial charge in [0.2, 0.25) is 5.91 Å². The Morgan fingerprint density at radius 1 is 0.962 bits per heavy atom. The fraction of sp³-hybridized carbons (Fsp3) is 0.333. The molecule has 138 valence electrons. The van der Waals surface area contributed by atoms with Crippen molar-refractivity contribution in [2.75, 3.05) is 23.3 Å². The summed E-state index contributed by atoms with van der Waals surface area (Å²) in [5, 5.41) is 5.80. The first-order valence-electron chi connectivity index (χ1n) is 8.81. The number of amides is 2. The Kier molecular flexibility index (Phi) is 6.39. The van der Waals surface area contributed by atoms with Crippen LogP contribution in [0.1, 0.15) is 38.1 Å². The number of para-hydroxylation sites is 2. The number of anilines is 2. The topological polar surface area (TPSA) is 61.4 Å². The summed E-state index contributed by atoms with van der Waals surface area (Å²) in [5.74, 6) is -0.365. The molecule has 2 N–H and O–H groups in total. The van der Waals surface area contributed by atoms with E-state index in [1.54, 1.807) is 24.3 Å². The highest BCUT2D eigenvalue weighted by atomic mass is 16.2. The first-order valence-corrected chi connectivity index (χ1v) is 8.81. The molecule has 2 aromatic carbocycles. The number of likely N-dealkylation sites (N-methyl/N-ethyl adjacent to an activating group) is 1. The standard InChI is InChI=1S/C21H27N3O2/c1-5-24(16-11-7-6-8-12-16)15-19(25)22-18-14-10-9-13-17(18)20(26)23-21(2,3)4/h6-14H,5,15H2,1-4H3,(H,22,25)(H,23,26). The molecule has 2 aromatic rings. The van der Waals surface area contributed by atoms with Gasteiger partial charge in [-0.25, -0.2) is 0 Å². The molecule has 0 fully saturated rings. The molecule has 0 radical (unpaired) electrons. The summed E-state index contributed by atoms with van der Waals surface area (Å²) >= 11 is 0. The molecule has 2 rings (SSSR count). The van der Waals surface area contributed by atoms with E-state index in [0.29, 0.717) is 17.8 Å². The molecule has 5 nitrogen and oxygen atoms in total. The Balaban J connectivity index is 2.10. The van der Waals surface area contributed by atoms with Gasteiger partial charge in [-0.3, -0.25) is 9.59 Å². The summed E-state index contributed by atoms with van der Waals surface area (Å²) in [4.78, 5) is 27.0. The van der Waals surface area contributed by atoms with Crippen LogP contribution in [0.5, 0.6) is 0 Å². The van der Waals surface area contributed by atoms with Crippen LogP contribution < -0.4 is 15.5 Å². The van der Waals surface area contributed by atoms with E-state index in [1.165, 1.54) is 0 Å². The third-order valence-corrected chi connectivity index (χ3v) is 3.77. The van der Waals surface area contributed by atoms with Crippen molar-refractivity contribution in [1.82, 2.24) is 5.32 Å². The van der Waals surface area contributed by atoms with Crippen molar-refractivity contribution in [2.24, 2.45) is 0 Å². The minimum Gasteiger partial charge on any atom is -0.362 e. The predicted molar refractivity (Wildman–Crippen MR) is 107 cm³/mol. The summed E-state index contributed by atoms with van der Waals surface area (Å²) in [5.41, 5.74) is 1.62. The van der Waals surface area contributed by atoms with Crippen LogP contribution in [0.25, 0.3) is 0 Å². The lowest BCUT2D eigenvalue weighted by molar-refractivity contribution is -0.115. The number of carbonyl (C=O) groups excluding carboxylic acids is 2. The van der Waals surface area contributed by atoms with E-state index >= 15 is 0 Å². The first kappa shape index (κ1) is 19.5. The second-order valence-electron chi connectivity index (χ2n) is 7.15. The summed E-state index contributed by atoms with van der Waals surface area (Å²) < 4.78 is 0. The normalized spacial score (nSPS) is 10.9. The molecule has 0 saturated heterocycles. The molecular formula is C21H27N3O2. The Morgan fingerprint density at radius 2 is 1.58 bits per heavy atom. The quantitative estimate of drug-likeness (QED) is 0.833. The molecule has 5 heteroatoms. The Labute approximate surface area is 155 Å².